The van der Waals surface area contributed by atoms with Crippen LogP contribution in [0.25, 0.3) is 0 Å². The molecule has 0 aliphatic heterocycles. The van der Waals surface area contributed by atoms with Crippen LogP contribution in [0.5, 0.6) is 0 Å². The number of nitrogens with zero attached hydrogens (tertiary/aromatic N) is 1. The molecule has 2 rings (SSSR count). The molecule has 0 heterocycles. The number of aryl methyl sites for hydroxylation is 1. The second kappa shape index (κ2) is 8.03. The standard InChI is InChI=1S/C19H19F4N3/c1-12-5-3-4-6-13(12)11-26-14-7-8-15(16(20)9-14)17(25-2)10-18(24)19(21,22)23/h3-10,26H,11,24H2,1-2H3/b18-10-,25-17?. The number of alkyl halides is 3. The maximum absolute atomic E-state index is 14.4. The van der Waals surface area contributed by atoms with Crippen molar-refractivity contribution in [2.75, 3.05) is 12.4 Å². The van der Waals surface area contributed by atoms with E-state index >= 15 is 0 Å². The van der Waals surface area contributed by atoms with Gasteiger partial charge in [-0.2, -0.15) is 13.2 Å². The van der Waals surface area contributed by atoms with Crippen molar-refractivity contribution in [3.63, 3.8) is 0 Å². The highest BCUT2D eigenvalue weighted by Gasteiger charge is 2.31. The van der Waals surface area contributed by atoms with E-state index in [1.165, 1.54) is 19.2 Å². The fourth-order valence-corrected chi connectivity index (χ4v) is 2.33. The summed E-state index contributed by atoms with van der Waals surface area (Å²) in [7, 11) is 1.28. The van der Waals surface area contributed by atoms with Crippen molar-refractivity contribution in [3.8, 4) is 0 Å². The normalized spacial score (nSPS) is 13.0. The number of rotatable bonds is 5. The van der Waals surface area contributed by atoms with Gasteiger partial charge in [0.05, 0.1) is 5.71 Å². The van der Waals surface area contributed by atoms with Crippen molar-refractivity contribution >= 4 is 11.4 Å². The number of halogens is 4. The summed E-state index contributed by atoms with van der Waals surface area (Å²) in [6.45, 7) is 2.48. The molecule has 26 heavy (non-hydrogen) atoms. The zero-order valence-corrected chi connectivity index (χ0v) is 14.4. The lowest BCUT2D eigenvalue weighted by atomic mass is 10.1. The first kappa shape index (κ1) is 19.5. The van der Waals surface area contributed by atoms with Gasteiger partial charge in [0.25, 0.3) is 0 Å². The summed E-state index contributed by atoms with van der Waals surface area (Å²) in [5.74, 6) is -0.688. The number of hydrogen-bond acceptors (Lipinski definition) is 3. The van der Waals surface area contributed by atoms with Crippen molar-refractivity contribution in [1.82, 2.24) is 0 Å². The van der Waals surface area contributed by atoms with Crippen LogP contribution in [0.4, 0.5) is 23.2 Å². The minimum absolute atomic E-state index is 0.0545. The quantitative estimate of drug-likeness (QED) is 0.602. The molecule has 0 amide bonds. The number of nitrogens with one attached hydrogen (secondary N) is 1. The Labute approximate surface area is 149 Å². The van der Waals surface area contributed by atoms with Crippen LogP contribution in [0.2, 0.25) is 0 Å². The van der Waals surface area contributed by atoms with Crippen LogP contribution in [-0.4, -0.2) is 18.9 Å². The maximum atomic E-state index is 14.4. The minimum atomic E-state index is -4.69. The second-order valence-corrected chi connectivity index (χ2v) is 5.68. The number of anilines is 1. The van der Waals surface area contributed by atoms with E-state index in [4.69, 9.17) is 5.73 Å². The third-order valence-electron chi connectivity index (χ3n) is 3.85. The van der Waals surface area contributed by atoms with Crippen molar-refractivity contribution in [1.29, 1.82) is 0 Å². The summed E-state index contributed by atoms with van der Waals surface area (Å²) in [6.07, 6.45) is -4.07. The molecule has 0 aliphatic carbocycles. The van der Waals surface area contributed by atoms with Gasteiger partial charge in [0.2, 0.25) is 0 Å². The van der Waals surface area contributed by atoms with E-state index in [0.29, 0.717) is 18.3 Å². The Morgan fingerprint density at radius 2 is 1.88 bits per heavy atom. The first-order chi connectivity index (χ1) is 12.2. The minimum Gasteiger partial charge on any atom is -0.395 e. The van der Waals surface area contributed by atoms with Gasteiger partial charge in [-0.1, -0.05) is 24.3 Å². The van der Waals surface area contributed by atoms with E-state index < -0.39 is 17.7 Å². The number of allylic oxidation sites excluding steroid dienone is 2. The Kier molecular flexibility index (Phi) is 6.02. The Balaban J connectivity index is 2.20. The Morgan fingerprint density at radius 1 is 1.19 bits per heavy atom. The predicted molar refractivity (Wildman–Crippen MR) is 95.7 cm³/mol. The van der Waals surface area contributed by atoms with Crippen LogP contribution in [0, 0.1) is 12.7 Å². The highest BCUT2D eigenvalue weighted by molar-refractivity contribution is 6.09. The topological polar surface area (TPSA) is 50.4 Å². The van der Waals surface area contributed by atoms with Crippen molar-refractivity contribution in [2.24, 2.45) is 10.7 Å². The van der Waals surface area contributed by atoms with Crippen molar-refractivity contribution in [2.45, 2.75) is 19.6 Å². The highest BCUT2D eigenvalue weighted by Crippen LogP contribution is 2.23. The van der Waals surface area contributed by atoms with Gasteiger partial charge >= 0.3 is 6.18 Å². The van der Waals surface area contributed by atoms with Gasteiger partial charge < -0.3 is 11.1 Å². The SMILES string of the molecule is CN=C(/C=C(\N)C(F)(F)F)c1ccc(NCc2ccccc2C)cc1F. The molecule has 3 nitrogen and oxygen atoms in total. The number of hydrogen-bond donors (Lipinski definition) is 2. The molecule has 2 aromatic rings. The largest absolute Gasteiger partial charge is 0.430 e. The molecular weight excluding hydrogens is 346 g/mol. The molecule has 0 aromatic heterocycles. The van der Waals surface area contributed by atoms with E-state index in [9.17, 15) is 17.6 Å². The number of nitrogens with two attached hydrogens (primary N) is 1. The van der Waals surface area contributed by atoms with Crippen LogP contribution < -0.4 is 11.1 Å². The average Bonchev–Trinajstić information content (AvgIpc) is 2.58. The molecule has 0 bridgehead atoms. The van der Waals surface area contributed by atoms with E-state index in [2.05, 4.69) is 10.3 Å². The van der Waals surface area contributed by atoms with E-state index in [-0.39, 0.29) is 11.3 Å². The molecule has 0 saturated carbocycles. The molecule has 3 N–H and O–H groups in total. The highest BCUT2D eigenvalue weighted by atomic mass is 19.4. The summed E-state index contributed by atoms with van der Waals surface area (Å²) in [4.78, 5) is 3.71. The Hall–Kier alpha value is -2.83. The average molecular weight is 365 g/mol. The first-order valence-corrected chi connectivity index (χ1v) is 7.82. The number of aliphatic imine (C=N–C) groups is 1. The van der Waals surface area contributed by atoms with Crippen LogP contribution in [-0.2, 0) is 6.54 Å². The second-order valence-electron chi connectivity index (χ2n) is 5.68. The molecule has 0 fully saturated rings. The molecule has 0 unspecified atom stereocenters. The molecule has 0 radical (unpaired) electrons. The lowest BCUT2D eigenvalue weighted by molar-refractivity contribution is -0.0925. The third-order valence-corrected chi connectivity index (χ3v) is 3.85. The van der Waals surface area contributed by atoms with E-state index in [1.807, 2.05) is 31.2 Å². The molecule has 138 valence electrons. The summed E-state index contributed by atoms with van der Waals surface area (Å²) < 4.78 is 52.1. The van der Waals surface area contributed by atoms with Crippen LogP contribution in [0.3, 0.4) is 0 Å². The fourth-order valence-electron chi connectivity index (χ4n) is 2.33. The zero-order valence-electron chi connectivity index (χ0n) is 14.4. The summed E-state index contributed by atoms with van der Waals surface area (Å²) in [5.41, 5.74) is 6.10. The lowest BCUT2D eigenvalue weighted by Gasteiger charge is -2.11. The smallest absolute Gasteiger partial charge is 0.395 e. The molecule has 2 aromatic carbocycles. The molecular formula is C19H19F4N3. The van der Waals surface area contributed by atoms with Gasteiger partial charge in [0, 0.05) is 24.8 Å². The van der Waals surface area contributed by atoms with Crippen LogP contribution in [0.15, 0.2) is 59.2 Å². The molecule has 0 saturated heterocycles. The number of benzene rings is 2. The van der Waals surface area contributed by atoms with Gasteiger partial charge in [0.1, 0.15) is 11.5 Å². The monoisotopic (exact) mass is 365 g/mol. The van der Waals surface area contributed by atoms with Crippen LogP contribution >= 0.6 is 0 Å². The van der Waals surface area contributed by atoms with Crippen molar-refractivity contribution < 1.29 is 17.6 Å². The molecule has 0 aliphatic rings. The van der Waals surface area contributed by atoms with Crippen molar-refractivity contribution in [3.05, 3.63) is 76.7 Å². The van der Waals surface area contributed by atoms with Gasteiger partial charge in [-0.25, -0.2) is 4.39 Å². The maximum Gasteiger partial charge on any atom is 0.430 e. The van der Waals surface area contributed by atoms with E-state index in [0.717, 1.165) is 11.1 Å². The van der Waals surface area contributed by atoms with Gasteiger partial charge in [-0.15, -0.1) is 0 Å². The van der Waals surface area contributed by atoms with Gasteiger partial charge in [0.15, 0.2) is 0 Å². The van der Waals surface area contributed by atoms with Gasteiger partial charge in [-0.05, 0) is 42.3 Å². The Morgan fingerprint density at radius 3 is 2.46 bits per heavy atom. The lowest BCUT2D eigenvalue weighted by Crippen LogP contribution is -2.21. The predicted octanol–water partition coefficient (Wildman–Crippen LogP) is 4.57. The zero-order chi connectivity index (χ0) is 19.3. The molecule has 0 atom stereocenters. The molecule has 7 heteroatoms. The van der Waals surface area contributed by atoms with E-state index in [1.54, 1.807) is 6.07 Å². The first-order valence-electron chi connectivity index (χ1n) is 7.82. The molecule has 0 spiro atoms. The summed E-state index contributed by atoms with van der Waals surface area (Å²) >= 11 is 0. The summed E-state index contributed by atoms with van der Waals surface area (Å²) in [6, 6.07) is 11.9. The summed E-state index contributed by atoms with van der Waals surface area (Å²) in [5, 5.41) is 3.09. The fraction of sp³-hybridized carbons (Fsp3) is 0.211. The van der Waals surface area contributed by atoms with Crippen LogP contribution in [0.1, 0.15) is 16.7 Å². The third kappa shape index (κ3) is 4.84. The van der Waals surface area contributed by atoms with Gasteiger partial charge in [-0.3, -0.25) is 4.99 Å². The Bertz CT molecular complexity index is 839.